The second kappa shape index (κ2) is 10.8. The van der Waals surface area contributed by atoms with Crippen molar-refractivity contribution in [2.45, 2.75) is 6.54 Å². The van der Waals surface area contributed by atoms with Crippen molar-refractivity contribution in [3.8, 4) is 0 Å². The van der Waals surface area contributed by atoms with E-state index in [1.807, 2.05) is 11.4 Å². The predicted molar refractivity (Wildman–Crippen MR) is 136 cm³/mol. The summed E-state index contributed by atoms with van der Waals surface area (Å²) >= 11 is 7.26. The van der Waals surface area contributed by atoms with E-state index in [2.05, 4.69) is 16.0 Å². The van der Waals surface area contributed by atoms with Crippen molar-refractivity contribution in [2.75, 3.05) is 10.6 Å². The molecule has 0 spiro atoms. The number of hydrogen-bond acceptors (Lipinski definition) is 4. The molecule has 34 heavy (non-hydrogen) atoms. The van der Waals surface area contributed by atoms with E-state index in [1.54, 1.807) is 78.9 Å². The van der Waals surface area contributed by atoms with Crippen LogP contribution in [0.25, 0.3) is 0 Å². The van der Waals surface area contributed by atoms with E-state index < -0.39 is 0 Å². The van der Waals surface area contributed by atoms with Crippen LogP contribution in [-0.4, -0.2) is 17.7 Å². The van der Waals surface area contributed by atoms with Crippen LogP contribution >= 0.6 is 22.9 Å². The summed E-state index contributed by atoms with van der Waals surface area (Å²) in [4.78, 5) is 38.1. The van der Waals surface area contributed by atoms with Crippen molar-refractivity contribution in [1.29, 1.82) is 0 Å². The zero-order valence-electron chi connectivity index (χ0n) is 17.9. The third-order valence-electron chi connectivity index (χ3n) is 4.94. The molecule has 0 unspecified atom stereocenters. The third kappa shape index (κ3) is 5.89. The lowest BCUT2D eigenvalue weighted by Crippen LogP contribution is -2.21. The van der Waals surface area contributed by atoms with Crippen molar-refractivity contribution >= 4 is 52.0 Å². The van der Waals surface area contributed by atoms with Gasteiger partial charge in [0, 0.05) is 22.7 Å². The highest BCUT2D eigenvalue weighted by Gasteiger charge is 2.13. The second-order valence-corrected chi connectivity index (χ2v) is 8.70. The zero-order chi connectivity index (χ0) is 23.9. The minimum atomic E-state index is -0.317. The monoisotopic (exact) mass is 489 g/mol. The largest absolute Gasteiger partial charge is 0.347 e. The molecule has 0 aliphatic rings. The fraction of sp³-hybridized carbons (Fsp3) is 0.0385. The zero-order valence-corrected chi connectivity index (χ0v) is 19.5. The van der Waals surface area contributed by atoms with E-state index in [0.29, 0.717) is 38.9 Å². The van der Waals surface area contributed by atoms with Crippen LogP contribution in [0.15, 0.2) is 90.3 Å². The average molecular weight is 490 g/mol. The molecule has 8 heteroatoms. The van der Waals surface area contributed by atoms with Crippen LogP contribution in [0.4, 0.5) is 11.4 Å². The van der Waals surface area contributed by atoms with Gasteiger partial charge in [-0.1, -0.05) is 41.9 Å². The first kappa shape index (κ1) is 23.2. The Kier molecular flexibility index (Phi) is 7.37. The molecule has 3 N–H and O–H groups in total. The Bertz CT molecular complexity index is 1300. The number of benzene rings is 3. The number of anilines is 2. The molecule has 1 heterocycles. The number of hydrogen-bond donors (Lipinski definition) is 3. The Morgan fingerprint density at radius 3 is 1.76 bits per heavy atom. The SMILES string of the molecule is O=C(Nc1ccccc1NC(=O)c1ccc(CNC(=O)c2cccs2)cc1)c1ccc(Cl)cc1. The molecule has 4 aromatic rings. The number of carbonyl (C=O) groups is 3. The molecule has 4 rings (SSSR count). The first-order valence-electron chi connectivity index (χ1n) is 10.4. The normalized spacial score (nSPS) is 10.4. The van der Waals surface area contributed by atoms with Crippen molar-refractivity contribution in [1.82, 2.24) is 5.32 Å². The van der Waals surface area contributed by atoms with Crippen LogP contribution in [0.5, 0.6) is 0 Å². The number of para-hydroxylation sites is 2. The van der Waals surface area contributed by atoms with Gasteiger partial charge in [-0.05, 0) is 65.5 Å². The molecule has 3 aromatic carbocycles. The lowest BCUT2D eigenvalue weighted by atomic mass is 10.1. The van der Waals surface area contributed by atoms with Gasteiger partial charge in [0.1, 0.15) is 0 Å². The number of rotatable bonds is 7. The van der Waals surface area contributed by atoms with Gasteiger partial charge in [0.25, 0.3) is 17.7 Å². The maximum absolute atomic E-state index is 12.8. The Hall–Kier alpha value is -3.94. The lowest BCUT2D eigenvalue weighted by molar-refractivity contribution is 0.0953. The van der Waals surface area contributed by atoms with Crippen LogP contribution in [0.3, 0.4) is 0 Å². The maximum Gasteiger partial charge on any atom is 0.261 e. The van der Waals surface area contributed by atoms with Gasteiger partial charge in [-0.2, -0.15) is 0 Å². The van der Waals surface area contributed by atoms with Crippen LogP contribution in [0, 0.1) is 0 Å². The van der Waals surface area contributed by atoms with Gasteiger partial charge >= 0.3 is 0 Å². The van der Waals surface area contributed by atoms with E-state index in [9.17, 15) is 14.4 Å². The van der Waals surface area contributed by atoms with E-state index in [4.69, 9.17) is 11.6 Å². The van der Waals surface area contributed by atoms with Gasteiger partial charge in [0.15, 0.2) is 0 Å². The first-order chi connectivity index (χ1) is 16.5. The summed E-state index contributed by atoms with van der Waals surface area (Å²) in [5.41, 5.74) is 2.72. The Labute approximate surface area is 205 Å². The van der Waals surface area contributed by atoms with Gasteiger partial charge in [-0.25, -0.2) is 0 Å². The van der Waals surface area contributed by atoms with E-state index in [-0.39, 0.29) is 17.7 Å². The highest BCUT2D eigenvalue weighted by Crippen LogP contribution is 2.23. The van der Waals surface area contributed by atoms with Crippen molar-refractivity contribution in [3.05, 3.63) is 117 Å². The molecule has 0 bridgehead atoms. The highest BCUT2D eigenvalue weighted by molar-refractivity contribution is 7.12. The van der Waals surface area contributed by atoms with Crippen LogP contribution in [-0.2, 0) is 6.54 Å². The Balaban J connectivity index is 1.38. The average Bonchev–Trinajstić information content (AvgIpc) is 3.40. The molecule has 0 fully saturated rings. The molecule has 0 aliphatic carbocycles. The number of halogens is 1. The van der Waals surface area contributed by atoms with E-state index in [1.165, 1.54) is 11.3 Å². The number of carbonyl (C=O) groups excluding carboxylic acids is 3. The summed E-state index contributed by atoms with van der Waals surface area (Å²) in [7, 11) is 0. The van der Waals surface area contributed by atoms with Crippen molar-refractivity contribution in [2.24, 2.45) is 0 Å². The summed E-state index contributed by atoms with van der Waals surface area (Å²) in [5, 5.41) is 10.9. The summed E-state index contributed by atoms with van der Waals surface area (Å²) in [6.07, 6.45) is 0. The predicted octanol–water partition coefficient (Wildman–Crippen LogP) is 5.84. The molecule has 170 valence electrons. The number of nitrogens with one attached hydrogen (secondary N) is 3. The Morgan fingerprint density at radius 1 is 0.676 bits per heavy atom. The van der Waals surface area contributed by atoms with Crippen LogP contribution in [0.1, 0.15) is 36.0 Å². The molecular weight excluding hydrogens is 470 g/mol. The maximum atomic E-state index is 12.8. The van der Waals surface area contributed by atoms with Gasteiger partial charge in [0.2, 0.25) is 0 Å². The molecule has 0 radical (unpaired) electrons. The Morgan fingerprint density at radius 2 is 1.24 bits per heavy atom. The highest BCUT2D eigenvalue weighted by atomic mass is 35.5. The summed E-state index contributed by atoms with van der Waals surface area (Å²) in [6, 6.07) is 24.1. The van der Waals surface area contributed by atoms with E-state index >= 15 is 0 Å². The summed E-state index contributed by atoms with van der Waals surface area (Å²) in [6.45, 7) is 0.359. The molecule has 3 amide bonds. The van der Waals surface area contributed by atoms with Gasteiger partial charge in [0.05, 0.1) is 16.3 Å². The van der Waals surface area contributed by atoms with Crippen LogP contribution < -0.4 is 16.0 Å². The summed E-state index contributed by atoms with van der Waals surface area (Å²) < 4.78 is 0. The van der Waals surface area contributed by atoms with Gasteiger partial charge in [-0.3, -0.25) is 14.4 Å². The summed E-state index contributed by atoms with van der Waals surface area (Å²) in [5.74, 6) is -0.760. The second-order valence-electron chi connectivity index (χ2n) is 7.32. The smallest absolute Gasteiger partial charge is 0.261 e. The lowest BCUT2D eigenvalue weighted by Gasteiger charge is -2.13. The molecule has 0 saturated carbocycles. The standard InChI is InChI=1S/C26H20ClN3O3S/c27-20-13-11-19(12-14-20)25(32)30-22-5-2-1-4-21(22)29-24(31)18-9-7-17(8-10-18)16-28-26(33)23-6-3-15-34-23/h1-15H,16H2,(H,28,33)(H,29,31)(H,30,32). The molecule has 0 aliphatic heterocycles. The fourth-order valence-corrected chi connectivity index (χ4v) is 3.91. The van der Waals surface area contributed by atoms with Crippen molar-refractivity contribution < 1.29 is 14.4 Å². The quantitative estimate of drug-likeness (QED) is 0.305. The molecular formula is C26H20ClN3O3S. The van der Waals surface area contributed by atoms with Crippen molar-refractivity contribution in [3.63, 3.8) is 0 Å². The van der Waals surface area contributed by atoms with Gasteiger partial charge < -0.3 is 16.0 Å². The first-order valence-corrected chi connectivity index (χ1v) is 11.6. The molecule has 6 nitrogen and oxygen atoms in total. The molecule has 1 aromatic heterocycles. The number of thiophene rings is 1. The minimum absolute atomic E-state index is 0.130. The van der Waals surface area contributed by atoms with Crippen LogP contribution in [0.2, 0.25) is 5.02 Å². The third-order valence-corrected chi connectivity index (χ3v) is 6.06. The van der Waals surface area contributed by atoms with E-state index in [0.717, 1.165) is 5.56 Å². The fourth-order valence-electron chi connectivity index (χ4n) is 3.14. The molecule has 0 atom stereocenters. The van der Waals surface area contributed by atoms with Gasteiger partial charge in [-0.15, -0.1) is 11.3 Å². The number of amides is 3. The topological polar surface area (TPSA) is 87.3 Å². The molecule has 0 saturated heterocycles. The minimum Gasteiger partial charge on any atom is -0.347 e.